The zero-order valence-corrected chi connectivity index (χ0v) is 10.1. The maximum absolute atomic E-state index is 8.83. The van der Waals surface area contributed by atoms with Crippen molar-refractivity contribution in [1.82, 2.24) is 4.98 Å². The third-order valence-corrected chi connectivity index (χ3v) is 2.09. The zero-order valence-electron chi connectivity index (χ0n) is 10.1. The molecule has 0 saturated heterocycles. The van der Waals surface area contributed by atoms with Crippen LogP contribution in [0.1, 0.15) is 12.0 Å². The minimum atomic E-state index is -0.00408. The molecule has 0 aliphatic heterocycles. The molecule has 0 radical (unpaired) electrons. The van der Waals surface area contributed by atoms with Crippen molar-refractivity contribution in [2.75, 3.05) is 33.5 Å². The minimum absolute atomic E-state index is 0.00408. The summed E-state index contributed by atoms with van der Waals surface area (Å²) in [5.74, 6) is 0.544. The van der Waals surface area contributed by atoms with E-state index in [1.807, 2.05) is 0 Å². The molecule has 1 rings (SSSR count). The van der Waals surface area contributed by atoms with Crippen molar-refractivity contribution in [3.05, 3.63) is 23.9 Å². The van der Waals surface area contributed by atoms with Crippen molar-refractivity contribution in [2.24, 2.45) is 0 Å². The second-order valence-corrected chi connectivity index (χ2v) is 3.47. The molecule has 0 fully saturated rings. The van der Waals surface area contributed by atoms with Crippen molar-refractivity contribution in [1.29, 1.82) is 0 Å². The third-order valence-electron chi connectivity index (χ3n) is 2.09. The summed E-state index contributed by atoms with van der Waals surface area (Å²) in [7, 11) is 1.67. The predicted octanol–water partition coefficient (Wildman–Crippen LogP) is 1.01. The van der Waals surface area contributed by atoms with Gasteiger partial charge in [-0.05, 0) is 18.1 Å². The van der Waals surface area contributed by atoms with Gasteiger partial charge in [-0.2, -0.15) is 0 Å². The largest absolute Gasteiger partial charge is 0.475 e. The number of hydrogen-bond donors (Lipinski definition) is 1. The highest BCUT2D eigenvalue weighted by molar-refractivity contribution is 5.16. The Morgan fingerprint density at radius 1 is 1.18 bits per heavy atom. The summed E-state index contributed by atoms with van der Waals surface area (Å²) in [6.45, 7) is 2.39. The summed E-state index contributed by atoms with van der Waals surface area (Å²) in [4.78, 5) is 4.04. The van der Waals surface area contributed by atoms with E-state index >= 15 is 0 Å². The summed E-state index contributed by atoms with van der Waals surface area (Å²) in [6, 6.07) is 3.51. The SMILES string of the molecule is COCCCOCCOc1ccc(CO)cn1. The maximum atomic E-state index is 8.83. The van der Waals surface area contributed by atoms with Gasteiger partial charge in [0.15, 0.2) is 0 Å². The van der Waals surface area contributed by atoms with E-state index in [4.69, 9.17) is 19.3 Å². The van der Waals surface area contributed by atoms with Gasteiger partial charge >= 0.3 is 0 Å². The number of hydrogen-bond acceptors (Lipinski definition) is 5. The Labute approximate surface area is 101 Å². The second kappa shape index (κ2) is 8.92. The molecule has 1 aromatic rings. The number of rotatable bonds is 9. The quantitative estimate of drug-likeness (QED) is 0.654. The van der Waals surface area contributed by atoms with E-state index in [-0.39, 0.29) is 6.61 Å². The number of nitrogens with zero attached hydrogens (tertiary/aromatic N) is 1. The van der Waals surface area contributed by atoms with Gasteiger partial charge in [-0.15, -0.1) is 0 Å². The molecule has 1 N–H and O–H groups in total. The smallest absolute Gasteiger partial charge is 0.213 e. The van der Waals surface area contributed by atoms with Crippen LogP contribution in [0.3, 0.4) is 0 Å². The van der Waals surface area contributed by atoms with Crippen LogP contribution in [0, 0.1) is 0 Å². The van der Waals surface area contributed by atoms with Crippen LogP contribution < -0.4 is 4.74 Å². The van der Waals surface area contributed by atoms with E-state index in [0.29, 0.717) is 32.3 Å². The van der Waals surface area contributed by atoms with Gasteiger partial charge in [0.2, 0.25) is 5.88 Å². The van der Waals surface area contributed by atoms with E-state index < -0.39 is 0 Å². The molecular formula is C12H19NO4. The van der Waals surface area contributed by atoms with Crippen molar-refractivity contribution in [3.8, 4) is 5.88 Å². The first-order chi connectivity index (χ1) is 8.36. The van der Waals surface area contributed by atoms with Gasteiger partial charge in [0.25, 0.3) is 0 Å². The highest BCUT2D eigenvalue weighted by Crippen LogP contribution is 2.07. The number of pyridine rings is 1. The fourth-order valence-electron chi connectivity index (χ4n) is 1.20. The Morgan fingerprint density at radius 2 is 2.06 bits per heavy atom. The van der Waals surface area contributed by atoms with Gasteiger partial charge in [-0.25, -0.2) is 4.98 Å². The van der Waals surface area contributed by atoms with Gasteiger partial charge < -0.3 is 19.3 Å². The first-order valence-electron chi connectivity index (χ1n) is 5.62. The molecule has 5 nitrogen and oxygen atoms in total. The second-order valence-electron chi connectivity index (χ2n) is 3.47. The Hall–Kier alpha value is -1.17. The molecule has 0 aromatic carbocycles. The Bertz CT molecular complexity index is 289. The van der Waals surface area contributed by atoms with Crippen LogP contribution >= 0.6 is 0 Å². The molecule has 0 aliphatic rings. The Balaban J connectivity index is 2.05. The average Bonchev–Trinajstić information content (AvgIpc) is 2.38. The number of aliphatic hydroxyl groups is 1. The average molecular weight is 241 g/mol. The van der Waals surface area contributed by atoms with Crippen LogP contribution in [0.5, 0.6) is 5.88 Å². The Kier molecular flexibility index (Phi) is 7.29. The summed E-state index contributed by atoms with van der Waals surface area (Å²) >= 11 is 0. The molecule has 0 bridgehead atoms. The fourth-order valence-corrected chi connectivity index (χ4v) is 1.20. The lowest BCUT2D eigenvalue weighted by atomic mass is 10.3. The monoisotopic (exact) mass is 241 g/mol. The summed E-state index contributed by atoms with van der Waals surface area (Å²) in [5.41, 5.74) is 0.771. The highest BCUT2D eigenvalue weighted by Gasteiger charge is 1.96. The Morgan fingerprint density at radius 3 is 2.71 bits per heavy atom. The van der Waals surface area contributed by atoms with E-state index in [1.54, 1.807) is 25.4 Å². The molecule has 0 aliphatic carbocycles. The number of ether oxygens (including phenoxy) is 3. The van der Waals surface area contributed by atoms with E-state index in [9.17, 15) is 0 Å². The highest BCUT2D eigenvalue weighted by atomic mass is 16.5. The fraction of sp³-hybridized carbons (Fsp3) is 0.583. The summed E-state index contributed by atoms with van der Waals surface area (Å²) < 4.78 is 15.6. The van der Waals surface area contributed by atoms with Gasteiger partial charge in [-0.3, -0.25) is 0 Å². The van der Waals surface area contributed by atoms with Crippen molar-refractivity contribution in [2.45, 2.75) is 13.0 Å². The predicted molar refractivity (Wildman–Crippen MR) is 63.0 cm³/mol. The van der Waals surface area contributed by atoms with Crippen molar-refractivity contribution >= 4 is 0 Å². The van der Waals surface area contributed by atoms with E-state index in [2.05, 4.69) is 4.98 Å². The van der Waals surface area contributed by atoms with Crippen LogP contribution in [0.4, 0.5) is 0 Å². The van der Waals surface area contributed by atoms with Crippen molar-refractivity contribution < 1.29 is 19.3 Å². The topological polar surface area (TPSA) is 60.8 Å². The van der Waals surface area contributed by atoms with Crippen LogP contribution in [-0.2, 0) is 16.1 Å². The maximum Gasteiger partial charge on any atom is 0.213 e. The summed E-state index contributed by atoms with van der Waals surface area (Å²) in [5, 5.41) is 8.83. The third kappa shape index (κ3) is 6.21. The number of aromatic nitrogens is 1. The molecule has 0 unspecified atom stereocenters. The minimum Gasteiger partial charge on any atom is -0.475 e. The first-order valence-corrected chi connectivity index (χ1v) is 5.62. The van der Waals surface area contributed by atoms with Gasteiger partial charge in [-0.1, -0.05) is 0 Å². The first kappa shape index (κ1) is 13.9. The number of methoxy groups -OCH3 is 1. The van der Waals surface area contributed by atoms with Crippen LogP contribution in [-0.4, -0.2) is 43.6 Å². The van der Waals surface area contributed by atoms with Crippen LogP contribution in [0.15, 0.2) is 18.3 Å². The molecule has 0 atom stereocenters. The normalized spacial score (nSPS) is 10.5. The van der Waals surface area contributed by atoms with E-state index in [1.165, 1.54) is 0 Å². The van der Waals surface area contributed by atoms with Crippen LogP contribution in [0.2, 0.25) is 0 Å². The molecule has 5 heteroatoms. The lowest BCUT2D eigenvalue weighted by Gasteiger charge is -2.06. The van der Waals surface area contributed by atoms with Gasteiger partial charge in [0, 0.05) is 32.6 Å². The molecule has 0 amide bonds. The molecule has 96 valence electrons. The number of aliphatic hydroxyl groups excluding tert-OH is 1. The lowest BCUT2D eigenvalue weighted by molar-refractivity contribution is 0.0795. The lowest BCUT2D eigenvalue weighted by Crippen LogP contribution is -2.09. The van der Waals surface area contributed by atoms with Crippen LogP contribution in [0.25, 0.3) is 0 Å². The molecule has 1 heterocycles. The molecular weight excluding hydrogens is 222 g/mol. The van der Waals surface area contributed by atoms with Crippen molar-refractivity contribution in [3.63, 3.8) is 0 Å². The zero-order chi connectivity index (χ0) is 12.3. The molecule has 0 saturated carbocycles. The van der Waals surface area contributed by atoms with E-state index in [0.717, 1.165) is 12.0 Å². The molecule has 1 aromatic heterocycles. The molecule has 17 heavy (non-hydrogen) atoms. The van der Waals surface area contributed by atoms with Gasteiger partial charge in [0.1, 0.15) is 6.61 Å². The molecule has 0 spiro atoms. The standard InChI is InChI=1S/C12H19NO4/c1-15-5-2-6-16-7-8-17-12-4-3-11(10-14)9-13-12/h3-4,9,14H,2,5-8,10H2,1H3. The van der Waals surface area contributed by atoms with Gasteiger partial charge in [0.05, 0.1) is 13.2 Å². The summed E-state index contributed by atoms with van der Waals surface area (Å²) in [6.07, 6.45) is 2.48.